The summed E-state index contributed by atoms with van der Waals surface area (Å²) in [5.74, 6) is -0.204. The monoisotopic (exact) mass is 473 g/mol. The first-order valence-corrected chi connectivity index (χ1v) is 11.1. The largest absolute Gasteiger partial charge is 0.484 e. The Morgan fingerprint density at radius 3 is 2.24 bits per heavy atom. The maximum absolute atomic E-state index is 13.3. The van der Waals surface area contributed by atoms with Gasteiger partial charge in [0.25, 0.3) is 15.9 Å². The van der Waals surface area contributed by atoms with Gasteiger partial charge in [0.2, 0.25) is 0 Å². The number of ether oxygens (including phenoxy) is 1. The summed E-state index contributed by atoms with van der Waals surface area (Å²) in [6.45, 7) is 3.25. The van der Waals surface area contributed by atoms with E-state index in [2.05, 4.69) is 15.9 Å². The van der Waals surface area contributed by atoms with Gasteiger partial charge in [0, 0.05) is 4.47 Å². The van der Waals surface area contributed by atoms with Gasteiger partial charge in [-0.1, -0.05) is 46.3 Å². The van der Waals surface area contributed by atoms with Crippen molar-refractivity contribution in [1.29, 1.82) is 0 Å². The van der Waals surface area contributed by atoms with E-state index in [1.807, 2.05) is 13.0 Å². The van der Waals surface area contributed by atoms with E-state index in [-0.39, 0.29) is 4.90 Å². The second-order valence-electron chi connectivity index (χ2n) is 6.44. The highest BCUT2D eigenvalue weighted by Crippen LogP contribution is 2.29. The Labute approximate surface area is 179 Å². The highest BCUT2D eigenvalue weighted by Gasteiger charge is 2.32. The van der Waals surface area contributed by atoms with Crippen molar-refractivity contribution in [3.63, 3.8) is 0 Å². The minimum Gasteiger partial charge on any atom is -0.484 e. The highest BCUT2D eigenvalue weighted by atomic mass is 79.9. The van der Waals surface area contributed by atoms with Crippen molar-refractivity contribution in [2.75, 3.05) is 10.9 Å². The summed E-state index contributed by atoms with van der Waals surface area (Å²) < 4.78 is 33.9. The quantitative estimate of drug-likeness (QED) is 0.512. The maximum atomic E-state index is 13.3. The van der Waals surface area contributed by atoms with Crippen LogP contribution in [-0.2, 0) is 14.8 Å². The van der Waals surface area contributed by atoms with Gasteiger partial charge >= 0.3 is 0 Å². The molecular weight excluding hydrogens is 454 g/mol. The predicted octanol–water partition coefficient (Wildman–Crippen LogP) is 4.87. The van der Waals surface area contributed by atoms with Crippen molar-refractivity contribution in [2.24, 2.45) is 0 Å². The number of nitrogens with zero attached hydrogens (tertiary/aromatic N) is 1. The van der Waals surface area contributed by atoms with Crippen LogP contribution in [0.25, 0.3) is 0 Å². The summed E-state index contributed by atoms with van der Waals surface area (Å²) in [5, 5.41) is 0. The Balaban J connectivity index is 1.99. The summed E-state index contributed by atoms with van der Waals surface area (Å²) in [4.78, 5) is 13.1. The van der Waals surface area contributed by atoms with E-state index in [4.69, 9.17) is 4.74 Å². The van der Waals surface area contributed by atoms with Crippen LogP contribution in [0.15, 0.2) is 82.2 Å². The molecule has 0 radical (unpaired) electrons. The Morgan fingerprint density at radius 2 is 1.59 bits per heavy atom. The lowest BCUT2D eigenvalue weighted by Gasteiger charge is -2.25. The van der Waals surface area contributed by atoms with Gasteiger partial charge in [0.05, 0.1) is 10.6 Å². The Kier molecular flexibility index (Phi) is 6.39. The second-order valence-corrected chi connectivity index (χ2v) is 9.14. The first-order valence-electron chi connectivity index (χ1n) is 8.88. The Bertz CT molecular complexity index is 1110. The van der Waals surface area contributed by atoms with Gasteiger partial charge in [-0.2, -0.15) is 4.31 Å². The van der Waals surface area contributed by atoms with E-state index >= 15 is 0 Å². The fourth-order valence-electron chi connectivity index (χ4n) is 2.79. The molecule has 0 unspecified atom stereocenters. The zero-order chi connectivity index (χ0) is 21.0. The van der Waals surface area contributed by atoms with Crippen LogP contribution in [0.5, 0.6) is 5.75 Å². The molecule has 29 heavy (non-hydrogen) atoms. The SMILES string of the molecule is Cc1cccc(N(C(=O)COc2ccc(Br)cc2)S(=O)(=O)c2ccccc2)c1C. The van der Waals surface area contributed by atoms with Crippen LogP contribution in [0.4, 0.5) is 5.69 Å². The summed E-state index contributed by atoms with van der Waals surface area (Å²) in [5.41, 5.74) is 1.92. The number of rotatable bonds is 6. The van der Waals surface area contributed by atoms with Crippen LogP contribution < -0.4 is 9.04 Å². The lowest BCUT2D eigenvalue weighted by atomic mass is 10.1. The fraction of sp³-hybridized carbons (Fsp3) is 0.136. The van der Waals surface area contributed by atoms with E-state index in [1.54, 1.807) is 61.5 Å². The predicted molar refractivity (Wildman–Crippen MR) is 117 cm³/mol. The molecule has 0 atom stereocenters. The van der Waals surface area contributed by atoms with Gasteiger partial charge in [-0.3, -0.25) is 4.79 Å². The number of sulfonamides is 1. The van der Waals surface area contributed by atoms with Crippen molar-refractivity contribution >= 4 is 37.5 Å². The molecule has 3 rings (SSSR count). The number of halogens is 1. The molecule has 0 aromatic heterocycles. The number of aryl methyl sites for hydroxylation is 1. The standard InChI is InChI=1S/C22H20BrNO4S/c1-16-7-6-10-21(17(16)2)24(29(26,27)20-8-4-3-5-9-20)22(25)15-28-19-13-11-18(23)12-14-19/h3-14H,15H2,1-2H3. The van der Waals surface area contributed by atoms with E-state index in [0.29, 0.717) is 17.0 Å². The first-order chi connectivity index (χ1) is 13.8. The van der Waals surface area contributed by atoms with Crippen LogP contribution in [0, 0.1) is 13.8 Å². The first kappa shape index (κ1) is 21.1. The molecule has 7 heteroatoms. The average molecular weight is 474 g/mol. The van der Waals surface area contributed by atoms with Crippen molar-refractivity contribution in [3.8, 4) is 5.75 Å². The molecule has 0 saturated carbocycles. The molecule has 0 saturated heterocycles. The molecule has 3 aromatic rings. The minimum absolute atomic E-state index is 0.0397. The molecule has 0 aliphatic carbocycles. The number of hydrogen-bond acceptors (Lipinski definition) is 4. The number of hydrogen-bond donors (Lipinski definition) is 0. The molecule has 1 amide bonds. The third-order valence-corrected chi connectivity index (χ3v) is 6.76. The van der Waals surface area contributed by atoms with Crippen LogP contribution in [-0.4, -0.2) is 20.9 Å². The third kappa shape index (κ3) is 4.68. The molecule has 0 fully saturated rings. The lowest BCUT2D eigenvalue weighted by molar-refractivity contribution is -0.119. The Morgan fingerprint density at radius 1 is 0.931 bits per heavy atom. The van der Waals surface area contributed by atoms with Crippen LogP contribution in [0.1, 0.15) is 11.1 Å². The number of benzene rings is 3. The average Bonchev–Trinajstić information content (AvgIpc) is 2.71. The van der Waals surface area contributed by atoms with Gasteiger partial charge in [-0.15, -0.1) is 0 Å². The fourth-order valence-corrected chi connectivity index (χ4v) is 4.54. The molecule has 5 nitrogen and oxygen atoms in total. The van der Waals surface area contributed by atoms with E-state index in [9.17, 15) is 13.2 Å². The highest BCUT2D eigenvalue weighted by molar-refractivity contribution is 9.10. The number of carbonyl (C=O) groups excluding carboxylic acids is 1. The minimum atomic E-state index is -4.11. The normalized spacial score (nSPS) is 11.1. The van der Waals surface area contributed by atoms with Gasteiger partial charge in [0.1, 0.15) is 5.75 Å². The zero-order valence-electron chi connectivity index (χ0n) is 16.0. The molecule has 0 N–H and O–H groups in total. The molecule has 0 bridgehead atoms. The summed E-state index contributed by atoms with van der Waals surface area (Å²) in [7, 11) is -4.11. The van der Waals surface area contributed by atoms with Crippen LogP contribution in [0.2, 0.25) is 0 Å². The van der Waals surface area contributed by atoms with E-state index in [0.717, 1.165) is 14.3 Å². The molecule has 0 heterocycles. The molecule has 150 valence electrons. The second kappa shape index (κ2) is 8.80. The van der Waals surface area contributed by atoms with Crippen molar-refractivity contribution in [3.05, 3.63) is 88.4 Å². The van der Waals surface area contributed by atoms with E-state index in [1.165, 1.54) is 12.1 Å². The van der Waals surface area contributed by atoms with Gasteiger partial charge in [-0.05, 0) is 67.4 Å². The summed E-state index contributed by atoms with van der Waals surface area (Å²) in [6, 6.07) is 20.1. The van der Waals surface area contributed by atoms with Crippen LogP contribution in [0.3, 0.4) is 0 Å². The maximum Gasteiger partial charge on any atom is 0.278 e. The summed E-state index contributed by atoms with van der Waals surface area (Å²) in [6.07, 6.45) is 0. The number of carbonyl (C=O) groups is 1. The number of anilines is 1. The van der Waals surface area contributed by atoms with Crippen molar-refractivity contribution in [1.82, 2.24) is 0 Å². The smallest absolute Gasteiger partial charge is 0.278 e. The van der Waals surface area contributed by atoms with Crippen molar-refractivity contribution < 1.29 is 17.9 Å². The summed E-state index contributed by atoms with van der Waals surface area (Å²) >= 11 is 3.34. The molecule has 3 aromatic carbocycles. The van der Waals surface area contributed by atoms with Gasteiger partial charge in [-0.25, -0.2) is 8.42 Å². The molecule has 0 aliphatic rings. The van der Waals surface area contributed by atoms with E-state index < -0.39 is 22.5 Å². The Hall–Kier alpha value is -2.64. The lowest BCUT2D eigenvalue weighted by Crippen LogP contribution is -2.40. The van der Waals surface area contributed by atoms with Crippen molar-refractivity contribution in [2.45, 2.75) is 18.7 Å². The molecule has 0 aliphatic heterocycles. The molecular formula is C22H20BrNO4S. The number of amides is 1. The van der Waals surface area contributed by atoms with Gasteiger partial charge in [0.15, 0.2) is 6.61 Å². The third-order valence-electron chi connectivity index (χ3n) is 4.48. The van der Waals surface area contributed by atoms with Gasteiger partial charge < -0.3 is 4.74 Å². The van der Waals surface area contributed by atoms with Crippen LogP contribution >= 0.6 is 15.9 Å². The molecule has 0 spiro atoms. The topological polar surface area (TPSA) is 63.7 Å². The zero-order valence-corrected chi connectivity index (χ0v) is 18.4.